The third kappa shape index (κ3) is 4.18. The number of nitrogens with zero attached hydrogens (tertiary/aromatic N) is 1. The van der Waals surface area contributed by atoms with Gasteiger partial charge in [0.1, 0.15) is 13.2 Å². The van der Waals surface area contributed by atoms with Crippen LogP contribution in [0.3, 0.4) is 0 Å². The summed E-state index contributed by atoms with van der Waals surface area (Å²) in [6, 6.07) is 8.35. The molecule has 136 valence electrons. The Balaban J connectivity index is 1.69. The predicted octanol–water partition coefficient (Wildman–Crippen LogP) is 2.93. The van der Waals surface area contributed by atoms with Crippen LogP contribution in [0.5, 0.6) is 23.0 Å². The Kier molecular flexibility index (Phi) is 5.82. The lowest BCUT2D eigenvalue weighted by Crippen LogP contribution is -2.19. The highest BCUT2D eigenvalue weighted by molar-refractivity contribution is 14.1. The molecule has 0 spiro atoms. The number of carbonyl (C=O) groups excluding carboxylic acids is 1. The SMILES string of the molecule is CCOc1cc(/C=N/NC(=O)c2ccc3c(c2)OCCO3)cc(I)c1O. The number of rotatable bonds is 5. The topological polar surface area (TPSA) is 89.4 Å². The molecule has 0 aliphatic carbocycles. The maximum Gasteiger partial charge on any atom is 0.271 e. The summed E-state index contributed by atoms with van der Waals surface area (Å²) in [6.07, 6.45) is 1.49. The lowest BCUT2D eigenvalue weighted by atomic mass is 10.2. The highest BCUT2D eigenvalue weighted by atomic mass is 127. The number of hydrogen-bond acceptors (Lipinski definition) is 6. The fourth-order valence-corrected chi connectivity index (χ4v) is 2.97. The molecule has 2 aromatic rings. The van der Waals surface area contributed by atoms with Crippen molar-refractivity contribution in [2.24, 2.45) is 5.10 Å². The second kappa shape index (κ2) is 8.26. The largest absolute Gasteiger partial charge is 0.504 e. The molecule has 0 aromatic heterocycles. The molecule has 0 radical (unpaired) electrons. The molecule has 8 heteroatoms. The van der Waals surface area contributed by atoms with Gasteiger partial charge in [-0.05, 0) is 65.4 Å². The normalized spacial score (nSPS) is 12.8. The van der Waals surface area contributed by atoms with E-state index in [2.05, 4.69) is 10.5 Å². The molecule has 7 nitrogen and oxygen atoms in total. The van der Waals surface area contributed by atoms with Crippen molar-refractivity contribution >= 4 is 34.7 Å². The molecule has 26 heavy (non-hydrogen) atoms. The molecule has 1 heterocycles. The molecule has 0 atom stereocenters. The Bertz CT molecular complexity index is 854. The Morgan fingerprint density at radius 3 is 2.85 bits per heavy atom. The quantitative estimate of drug-likeness (QED) is 0.400. The number of hydrazone groups is 1. The van der Waals surface area contributed by atoms with Crippen LogP contribution >= 0.6 is 22.6 Å². The number of carbonyl (C=O) groups is 1. The van der Waals surface area contributed by atoms with Crippen LogP contribution < -0.4 is 19.6 Å². The van der Waals surface area contributed by atoms with Gasteiger partial charge in [0.25, 0.3) is 5.91 Å². The number of aromatic hydroxyl groups is 1. The summed E-state index contributed by atoms with van der Waals surface area (Å²) >= 11 is 2.00. The first-order valence-electron chi connectivity index (χ1n) is 7.97. The molecular formula is C18H17IN2O5. The Morgan fingerprint density at radius 2 is 2.08 bits per heavy atom. The molecule has 3 rings (SSSR count). The van der Waals surface area contributed by atoms with E-state index in [-0.39, 0.29) is 11.7 Å². The third-order valence-corrected chi connectivity index (χ3v) is 4.36. The van der Waals surface area contributed by atoms with Crippen LogP contribution in [0.4, 0.5) is 0 Å². The van der Waals surface area contributed by atoms with Crippen LogP contribution in [-0.2, 0) is 0 Å². The van der Waals surface area contributed by atoms with Gasteiger partial charge in [0.05, 0.1) is 16.4 Å². The molecule has 0 saturated heterocycles. The number of nitrogens with one attached hydrogen (secondary N) is 1. The smallest absolute Gasteiger partial charge is 0.271 e. The number of benzene rings is 2. The van der Waals surface area contributed by atoms with Gasteiger partial charge in [-0.15, -0.1) is 0 Å². The van der Waals surface area contributed by atoms with Crippen LogP contribution in [0.2, 0.25) is 0 Å². The monoisotopic (exact) mass is 468 g/mol. The van der Waals surface area contributed by atoms with Gasteiger partial charge in [-0.2, -0.15) is 5.10 Å². The lowest BCUT2D eigenvalue weighted by molar-refractivity contribution is 0.0954. The number of phenols is 1. The van der Waals surface area contributed by atoms with Crippen molar-refractivity contribution in [3.05, 3.63) is 45.0 Å². The molecule has 2 aromatic carbocycles. The van der Waals surface area contributed by atoms with E-state index >= 15 is 0 Å². The highest BCUT2D eigenvalue weighted by Crippen LogP contribution is 2.32. The molecule has 0 saturated carbocycles. The van der Waals surface area contributed by atoms with Crippen LogP contribution in [-0.4, -0.2) is 37.0 Å². The molecule has 1 amide bonds. The van der Waals surface area contributed by atoms with Crippen LogP contribution in [0.15, 0.2) is 35.4 Å². The molecule has 1 aliphatic heterocycles. The summed E-state index contributed by atoms with van der Waals surface area (Å²) in [7, 11) is 0. The summed E-state index contributed by atoms with van der Waals surface area (Å²) in [6.45, 7) is 3.22. The van der Waals surface area contributed by atoms with Gasteiger partial charge in [-0.3, -0.25) is 4.79 Å². The maximum atomic E-state index is 12.2. The zero-order valence-electron chi connectivity index (χ0n) is 14.0. The Hall–Kier alpha value is -2.49. The number of halogens is 1. The molecule has 2 N–H and O–H groups in total. The number of fused-ring (bicyclic) bond motifs is 1. The summed E-state index contributed by atoms with van der Waals surface area (Å²) in [5.41, 5.74) is 3.58. The Morgan fingerprint density at radius 1 is 1.31 bits per heavy atom. The van der Waals surface area contributed by atoms with E-state index in [1.807, 2.05) is 29.5 Å². The fraction of sp³-hybridized carbons (Fsp3) is 0.222. The van der Waals surface area contributed by atoms with Crippen molar-refractivity contribution in [2.75, 3.05) is 19.8 Å². The van der Waals surface area contributed by atoms with Crippen LogP contribution in [0.1, 0.15) is 22.8 Å². The maximum absolute atomic E-state index is 12.2. The zero-order chi connectivity index (χ0) is 18.5. The van der Waals surface area contributed by atoms with Gasteiger partial charge in [0, 0.05) is 5.56 Å². The number of ether oxygens (including phenoxy) is 3. The summed E-state index contributed by atoms with van der Waals surface area (Å²) in [4.78, 5) is 12.2. The summed E-state index contributed by atoms with van der Waals surface area (Å²) in [5.74, 6) is 1.27. The van der Waals surface area contributed by atoms with E-state index in [4.69, 9.17) is 14.2 Å². The average molecular weight is 468 g/mol. The minimum Gasteiger partial charge on any atom is -0.504 e. The zero-order valence-corrected chi connectivity index (χ0v) is 16.1. The van der Waals surface area contributed by atoms with E-state index < -0.39 is 0 Å². The predicted molar refractivity (Wildman–Crippen MR) is 104 cm³/mol. The van der Waals surface area contributed by atoms with Gasteiger partial charge in [0.2, 0.25) is 0 Å². The molecule has 0 unspecified atom stereocenters. The molecule has 0 bridgehead atoms. The third-order valence-electron chi connectivity index (χ3n) is 3.53. The van der Waals surface area contributed by atoms with E-state index in [0.29, 0.717) is 51.8 Å². The van der Waals surface area contributed by atoms with E-state index in [0.717, 1.165) is 0 Å². The molecular weight excluding hydrogens is 451 g/mol. The van der Waals surface area contributed by atoms with Crippen LogP contribution in [0.25, 0.3) is 0 Å². The van der Waals surface area contributed by atoms with Gasteiger partial charge in [-0.25, -0.2) is 5.43 Å². The molecule has 0 fully saturated rings. The lowest BCUT2D eigenvalue weighted by Gasteiger charge is -2.18. The van der Waals surface area contributed by atoms with E-state index in [1.54, 1.807) is 30.3 Å². The van der Waals surface area contributed by atoms with Gasteiger partial charge in [0.15, 0.2) is 23.0 Å². The second-order valence-electron chi connectivity index (χ2n) is 5.34. The first-order chi connectivity index (χ1) is 12.6. The van der Waals surface area contributed by atoms with Gasteiger partial charge < -0.3 is 19.3 Å². The highest BCUT2D eigenvalue weighted by Gasteiger charge is 2.14. The van der Waals surface area contributed by atoms with Crippen molar-refractivity contribution in [3.8, 4) is 23.0 Å². The number of phenolic OH excluding ortho intramolecular Hbond substituents is 1. The van der Waals surface area contributed by atoms with Crippen molar-refractivity contribution in [1.82, 2.24) is 5.43 Å². The van der Waals surface area contributed by atoms with Crippen LogP contribution in [0, 0.1) is 3.57 Å². The van der Waals surface area contributed by atoms with Crippen molar-refractivity contribution in [2.45, 2.75) is 6.92 Å². The number of hydrogen-bond donors (Lipinski definition) is 2. The second-order valence-corrected chi connectivity index (χ2v) is 6.50. The molecule has 1 aliphatic rings. The van der Waals surface area contributed by atoms with E-state index in [9.17, 15) is 9.90 Å². The first kappa shape index (κ1) is 18.3. The fourth-order valence-electron chi connectivity index (χ4n) is 2.35. The average Bonchev–Trinajstić information content (AvgIpc) is 2.65. The summed E-state index contributed by atoms with van der Waals surface area (Å²) in [5, 5.41) is 13.9. The first-order valence-corrected chi connectivity index (χ1v) is 9.04. The summed E-state index contributed by atoms with van der Waals surface area (Å²) < 4.78 is 16.9. The van der Waals surface area contributed by atoms with Crippen molar-refractivity contribution < 1.29 is 24.1 Å². The Labute approximate surface area is 164 Å². The van der Waals surface area contributed by atoms with Crippen molar-refractivity contribution in [1.29, 1.82) is 0 Å². The minimum atomic E-state index is -0.364. The minimum absolute atomic E-state index is 0.0879. The van der Waals surface area contributed by atoms with Gasteiger partial charge >= 0.3 is 0 Å². The standard InChI is InChI=1S/C18H17IN2O5/c1-2-24-16-8-11(7-13(19)17(16)22)10-20-21-18(23)12-3-4-14-15(9-12)26-6-5-25-14/h3-4,7-10,22H,2,5-6H2,1H3,(H,21,23)/b20-10+. The van der Waals surface area contributed by atoms with Crippen molar-refractivity contribution in [3.63, 3.8) is 0 Å². The van der Waals surface area contributed by atoms with E-state index in [1.165, 1.54) is 6.21 Å². The van der Waals surface area contributed by atoms with Gasteiger partial charge in [-0.1, -0.05) is 0 Å². The number of amides is 1.